The van der Waals surface area contributed by atoms with Gasteiger partial charge < -0.3 is 5.32 Å². The maximum absolute atomic E-state index is 10.8. The van der Waals surface area contributed by atoms with Gasteiger partial charge in [-0.25, -0.2) is 0 Å². The third-order valence-electron chi connectivity index (χ3n) is 2.58. The molecule has 2 aromatic carbocycles. The number of nitrogens with zero attached hydrogens (tertiary/aromatic N) is 1. The number of benzene rings is 2. The highest BCUT2D eigenvalue weighted by Gasteiger charge is 2.12. The van der Waals surface area contributed by atoms with Crippen molar-refractivity contribution in [1.29, 1.82) is 0 Å². The summed E-state index contributed by atoms with van der Waals surface area (Å²) in [6.45, 7) is 0.570. The monoisotopic (exact) mass is 340 g/mol. The van der Waals surface area contributed by atoms with E-state index in [-0.39, 0.29) is 10.7 Å². The molecule has 98 valence electrons. The van der Waals surface area contributed by atoms with Crippen molar-refractivity contribution in [3.8, 4) is 0 Å². The summed E-state index contributed by atoms with van der Waals surface area (Å²) in [5, 5.41) is 14.1. The maximum atomic E-state index is 10.8. The lowest BCUT2D eigenvalue weighted by Gasteiger charge is -2.08. The van der Waals surface area contributed by atoms with E-state index in [1.54, 1.807) is 6.07 Å². The molecule has 0 spiro atoms. The minimum Gasteiger partial charge on any atom is -0.381 e. The molecule has 19 heavy (non-hydrogen) atoms. The van der Waals surface area contributed by atoms with Crippen LogP contribution in [0, 0.1) is 10.1 Å². The molecule has 0 aliphatic heterocycles. The molecule has 0 unspecified atom stereocenters. The van der Waals surface area contributed by atoms with Gasteiger partial charge in [-0.1, -0.05) is 45.7 Å². The molecule has 1 N–H and O–H groups in total. The van der Waals surface area contributed by atoms with Gasteiger partial charge in [-0.05, 0) is 23.8 Å². The van der Waals surface area contributed by atoms with Gasteiger partial charge >= 0.3 is 0 Å². The average Bonchev–Trinajstić information content (AvgIpc) is 2.39. The SMILES string of the molecule is O=[N+]([O-])c1cc(NCc2ccccc2Br)ccc1Cl. The Kier molecular flexibility index (Phi) is 4.39. The molecule has 0 fully saturated rings. The molecule has 6 heteroatoms. The number of halogens is 2. The van der Waals surface area contributed by atoms with Gasteiger partial charge in [-0.2, -0.15) is 0 Å². The molecule has 0 saturated carbocycles. The maximum Gasteiger partial charge on any atom is 0.289 e. The Bertz CT molecular complexity index is 619. The van der Waals surface area contributed by atoms with Gasteiger partial charge in [0.15, 0.2) is 0 Å². The van der Waals surface area contributed by atoms with Gasteiger partial charge in [0.1, 0.15) is 5.02 Å². The van der Waals surface area contributed by atoms with Crippen LogP contribution in [0.15, 0.2) is 46.9 Å². The topological polar surface area (TPSA) is 55.2 Å². The fourth-order valence-electron chi connectivity index (χ4n) is 1.60. The van der Waals surface area contributed by atoms with Crippen molar-refractivity contribution in [2.75, 3.05) is 5.32 Å². The van der Waals surface area contributed by atoms with Crippen molar-refractivity contribution >= 4 is 38.9 Å². The minimum atomic E-state index is -0.494. The van der Waals surface area contributed by atoms with Crippen molar-refractivity contribution in [2.45, 2.75) is 6.54 Å². The zero-order chi connectivity index (χ0) is 13.8. The molecule has 0 aliphatic carbocycles. The van der Waals surface area contributed by atoms with Gasteiger partial charge in [-0.15, -0.1) is 0 Å². The first-order valence-electron chi connectivity index (χ1n) is 5.49. The van der Waals surface area contributed by atoms with E-state index in [1.165, 1.54) is 12.1 Å². The molecule has 0 saturated heterocycles. The second-order valence-corrected chi connectivity index (χ2v) is 5.13. The molecule has 0 amide bonds. The minimum absolute atomic E-state index is 0.0983. The number of hydrogen-bond donors (Lipinski definition) is 1. The first kappa shape index (κ1) is 13.8. The zero-order valence-corrected chi connectivity index (χ0v) is 12.1. The van der Waals surface area contributed by atoms with E-state index in [2.05, 4.69) is 21.2 Å². The van der Waals surface area contributed by atoms with Gasteiger partial charge in [0.25, 0.3) is 5.69 Å². The van der Waals surface area contributed by atoms with Crippen LogP contribution >= 0.6 is 27.5 Å². The lowest BCUT2D eigenvalue weighted by molar-refractivity contribution is -0.384. The molecule has 0 atom stereocenters. The Morgan fingerprint density at radius 2 is 2.00 bits per heavy atom. The van der Waals surface area contributed by atoms with E-state index < -0.39 is 4.92 Å². The highest BCUT2D eigenvalue weighted by Crippen LogP contribution is 2.28. The molecule has 0 bridgehead atoms. The van der Waals surface area contributed by atoms with Gasteiger partial charge in [-0.3, -0.25) is 10.1 Å². The Labute approximate surface area is 123 Å². The van der Waals surface area contributed by atoms with Crippen LogP contribution < -0.4 is 5.32 Å². The van der Waals surface area contributed by atoms with E-state index in [4.69, 9.17) is 11.6 Å². The molecule has 0 aliphatic rings. The second kappa shape index (κ2) is 6.04. The fraction of sp³-hybridized carbons (Fsp3) is 0.0769. The summed E-state index contributed by atoms with van der Waals surface area (Å²) in [4.78, 5) is 10.3. The van der Waals surface area contributed by atoms with E-state index in [1.807, 2.05) is 24.3 Å². The molecular weight excluding hydrogens is 332 g/mol. The average molecular weight is 342 g/mol. The number of hydrogen-bond acceptors (Lipinski definition) is 3. The quantitative estimate of drug-likeness (QED) is 0.652. The predicted octanol–water partition coefficient (Wildman–Crippen LogP) is 4.62. The standard InChI is InChI=1S/C13H10BrClN2O2/c14-11-4-2-1-3-9(11)8-16-10-5-6-12(15)13(7-10)17(18)19/h1-7,16H,8H2. The summed E-state index contributed by atoms with van der Waals surface area (Å²) in [5.74, 6) is 0. The van der Waals surface area contributed by atoms with Gasteiger partial charge in [0, 0.05) is 22.8 Å². The normalized spacial score (nSPS) is 10.2. The molecule has 2 rings (SSSR count). The molecule has 2 aromatic rings. The van der Waals surface area contributed by atoms with Crippen molar-refractivity contribution < 1.29 is 4.92 Å². The third kappa shape index (κ3) is 3.45. The molecule has 4 nitrogen and oxygen atoms in total. The van der Waals surface area contributed by atoms with Crippen LogP contribution in [-0.4, -0.2) is 4.92 Å². The van der Waals surface area contributed by atoms with E-state index >= 15 is 0 Å². The second-order valence-electron chi connectivity index (χ2n) is 3.87. The van der Waals surface area contributed by atoms with Crippen molar-refractivity contribution in [1.82, 2.24) is 0 Å². The number of nitro groups is 1. The molecule has 0 aromatic heterocycles. The fourth-order valence-corrected chi connectivity index (χ4v) is 2.21. The van der Waals surface area contributed by atoms with Gasteiger partial charge in [0.05, 0.1) is 4.92 Å². The summed E-state index contributed by atoms with van der Waals surface area (Å²) in [5.41, 5.74) is 1.63. The summed E-state index contributed by atoms with van der Waals surface area (Å²) in [6.07, 6.45) is 0. The van der Waals surface area contributed by atoms with Crippen LogP contribution in [0.2, 0.25) is 5.02 Å². The molecule has 0 radical (unpaired) electrons. The smallest absolute Gasteiger partial charge is 0.289 e. The van der Waals surface area contributed by atoms with Crippen LogP contribution in [0.1, 0.15) is 5.56 Å². The van der Waals surface area contributed by atoms with Gasteiger partial charge in [0.2, 0.25) is 0 Å². The lowest BCUT2D eigenvalue weighted by atomic mass is 10.2. The Hall–Kier alpha value is -1.59. The van der Waals surface area contributed by atoms with Crippen LogP contribution in [0.3, 0.4) is 0 Å². The molecular formula is C13H10BrClN2O2. The lowest BCUT2D eigenvalue weighted by Crippen LogP contribution is -2.00. The van der Waals surface area contributed by atoms with Crippen molar-refractivity contribution in [3.63, 3.8) is 0 Å². The van der Waals surface area contributed by atoms with Crippen LogP contribution in [0.5, 0.6) is 0 Å². The Morgan fingerprint density at radius 1 is 1.26 bits per heavy atom. The number of rotatable bonds is 4. The largest absolute Gasteiger partial charge is 0.381 e. The molecule has 0 heterocycles. The summed E-state index contributed by atoms with van der Waals surface area (Å²) in [7, 11) is 0. The number of nitrogens with one attached hydrogen (secondary N) is 1. The van der Waals surface area contributed by atoms with Crippen LogP contribution in [0.4, 0.5) is 11.4 Å². The highest BCUT2D eigenvalue weighted by atomic mass is 79.9. The van der Waals surface area contributed by atoms with E-state index in [0.29, 0.717) is 12.2 Å². The van der Waals surface area contributed by atoms with Crippen molar-refractivity contribution in [3.05, 3.63) is 67.6 Å². The van der Waals surface area contributed by atoms with E-state index in [9.17, 15) is 10.1 Å². The highest BCUT2D eigenvalue weighted by molar-refractivity contribution is 9.10. The Morgan fingerprint density at radius 3 is 2.68 bits per heavy atom. The third-order valence-corrected chi connectivity index (χ3v) is 3.68. The number of nitro benzene ring substituents is 1. The van der Waals surface area contributed by atoms with Crippen LogP contribution in [0.25, 0.3) is 0 Å². The van der Waals surface area contributed by atoms with E-state index in [0.717, 1.165) is 10.0 Å². The zero-order valence-electron chi connectivity index (χ0n) is 9.77. The van der Waals surface area contributed by atoms with Crippen LogP contribution in [-0.2, 0) is 6.54 Å². The Balaban J connectivity index is 2.14. The first-order chi connectivity index (χ1) is 9.08. The number of anilines is 1. The summed E-state index contributed by atoms with van der Waals surface area (Å²) < 4.78 is 0.992. The predicted molar refractivity (Wildman–Crippen MR) is 79.6 cm³/mol. The van der Waals surface area contributed by atoms with Crippen molar-refractivity contribution in [2.24, 2.45) is 0 Å². The summed E-state index contributed by atoms with van der Waals surface area (Å²) in [6, 6.07) is 12.4. The summed E-state index contributed by atoms with van der Waals surface area (Å²) >= 11 is 9.21. The first-order valence-corrected chi connectivity index (χ1v) is 6.66.